The van der Waals surface area contributed by atoms with Gasteiger partial charge < -0.3 is 4.90 Å². The van der Waals surface area contributed by atoms with Crippen LogP contribution in [0, 0.1) is 5.41 Å². The van der Waals surface area contributed by atoms with E-state index < -0.39 is 0 Å². The Morgan fingerprint density at radius 3 is 2.47 bits per heavy atom. The number of hydrogen-bond acceptors (Lipinski definition) is 2. The molecular formula is C12H24N2O. The maximum atomic E-state index is 11.9. The third-order valence-corrected chi connectivity index (χ3v) is 2.68. The summed E-state index contributed by atoms with van der Waals surface area (Å²) >= 11 is 0. The van der Waals surface area contributed by atoms with Crippen molar-refractivity contribution < 1.29 is 4.79 Å². The normalized spacial score (nSPS) is 27.5. The highest BCUT2D eigenvalue weighted by molar-refractivity contribution is 5.83. The van der Waals surface area contributed by atoms with Crippen LogP contribution in [0.15, 0.2) is 0 Å². The molecule has 3 nitrogen and oxygen atoms in total. The quantitative estimate of drug-likeness (QED) is 0.776. The third kappa shape index (κ3) is 3.20. The van der Waals surface area contributed by atoms with Crippen molar-refractivity contribution in [2.75, 3.05) is 6.54 Å². The molecule has 0 aromatic rings. The molecule has 2 unspecified atom stereocenters. The number of amides is 1. The zero-order valence-corrected chi connectivity index (χ0v) is 10.6. The van der Waals surface area contributed by atoms with Crippen molar-refractivity contribution in [1.82, 2.24) is 10.2 Å². The topological polar surface area (TPSA) is 32.3 Å². The predicted molar refractivity (Wildman–Crippen MR) is 62.5 cm³/mol. The molecule has 0 aromatic heterocycles. The molecule has 0 radical (unpaired) electrons. The van der Waals surface area contributed by atoms with Crippen molar-refractivity contribution in [2.24, 2.45) is 5.41 Å². The summed E-state index contributed by atoms with van der Waals surface area (Å²) in [6.45, 7) is 11.5. The maximum absolute atomic E-state index is 11.9. The van der Waals surface area contributed by atoms with E-state index in [0.29, 0.717) is 0 Å². The molecule has 1 heterocycles. The Labute approximate surface area is 93.2 Å². The molecule has 3 heteroatoms. The van der Waals surface area contributed by atoms with E-state index in [1.165, 1.54) is 0 Å². The molecule has 0 aromatic carbocycles. The minimum atomic E-state index is -0.0103. The summed E-state index contributed by atoms with van der Waals surface area (Å²) in [6, 6.07) is -0.0103. The molecule has 1 N–H and O–H groups in total. The number of carbonyl (C=O) groups is 1. The number of nitrogens with one attached hydrogen (secondary N) is 1. The van der Waals surface area contributed by atoms with Crippen LogP contribution in [0.4, 0.5) is 0 Å². The molecule has 1 aliphatic heterocycles. The molecule has 0 aliphatic carbocycles. The number of carbonyl (C=O) groups excluding carboxylic acids is 1. The summed E-state index contributed by atoms with van der Waals surface area (Å²) in [4.78, 5) is 13.9. The maximum Gasteiger partial charge on any atom is 0.240 e. The fourth-order valence-corrected chi connectivity index (χ4v) is 2.06. The number of hydrogen-bond donors (Lipinski definition) is 1. The van der Waals surface area contributed by atoms with E-state index in [1.807, 2.05) is 11.8 Å². The first-order valence-corrected chi connectivity index (χ1v) is 5.91. The third-order valence-electron chi connectivity index (χ3n) is 2.68. The first-order valence-electron chi connectivity index (χ1n) is 5.91. The van der Waals surface area contributed by atoms with E-state index in [1.54, 1.807) is 0 Å². The molecule has 0 saturated carbocycles. The van der Waals surface area contributed by atoms with E-state index >= 15 is 0 Å². The van der Waals surface area contributed by atoms with Gasteiger partial charge in [0.25, 0.3) is 0 Å². The van der Waals surface area contributed by atoms with Gasteiger partial charge in [0, 0.05) is 6.54 Å². The van der Waals surface area contributed by atoms with Gasteiger partial charge in [-0.1, -0.05) is 34.1 Å². The van der Waals surface area contributed by atoms with Crippen molar-refractivity contribution in [3.8, 4) is 0 Å². The average Bonchev–Trinajstić information content (AvgIpc) is 2.32. The first-order chi connectivity index (χ1) is 6.85. The lowest BCUT2D eigenvalue weighted by Crippen LogP contribution is -2.42. The van der Waals surface area contributed by atoms with Gasteiger partial charge in [0.2, 0.25) is 5.91 Å². The lowest BCUT2D eigenvalue weighted by molar-refractivity contribution is -0.131. The van der Waals surface area contributed by atoms with Gasteiger partial charge in [0.1, 0.15) is 0 Å². The Morgan fingerprint density at radius 2 is 2.00 bits per heavy atom. The van der Waals surface area contributed by atoms with Gasteiger partial charge in [-0.25, -0.2) is 0 Å². The van der Waals surface area contributed by atoms with E-state index in [2.05, 4.69) is 33.0 Å². The second-order valence-electron chi connectivity index (χ2n) is 5.72. The summed E-state index contributed by atoms with van der Waals surface area (Å²) in [5.74, 6) is 0.253. The summed E-state index contributed by atoms with van der Waals surface area (Å²) in [5, 5.41) is 3.35. The van der Waals surface area contributed by atoms with Crippen molar-refractivity contribution in [3.63, 3.8) is 0 Å². The molecule has 1 rings (SSSR count). The smallest absolute Gasteiger partial charge is 0.240 e. The SMILES string of the molecule is CCCC1NC(C)C(=O)N1CC(C)(C)C. The largest absolute Gasteiger partial charge is 0.325 e. The molecule has 88 valence electrons. The van der Waals surface area contributed by atoms with Crippen LogP contribution < -0.4 is 5.32 Å². The summed E-state index contributed by atoms with van der Waals surface area (Å²) in [7, 11) is 0. The summed E-state index contributed by atoms with van der Waals surface area (Å²) in [6.07, 6.45) is 2.40. The standard InChI is InChI=1S/C12H24N2O/c1-6-7-10-13-9(2)11(15)14(10)8-12(3,4)5/h9-10,13H,6-8H2,1-5H3. The Hall–Kier alpha value is -0.570. The minimum absolute atomic E-state index is 0.0103. The number of nitrogens with zero attached hydrogens (tertiary/aromatic N) is 1. The van der Waals surface area contributed by atoms with Crippen LogP contribution >= 0.6 is 0 Å². The van der Waals surface area contributed by atoms with Gasteiger partial charge in [-0.2, -0.15) is 0 Å². The highest BCUT2D eigenvalue weighted by Crippen LogP contribution is 2.22. The lowest BCUT2D eigenvalue weighted by atomic mass is 9.95. The van der Waals surface area contributed by atoms with Crippen molar-refractivity contribution in [2.45, 2.75) is 59.7 Å². The fourth-order valence-electron chi connectivity index (χ4n) is 2.06. The average molecular weight is 212 g/mol. The molecule has 2 atom stereocenters. The van der Waals surface area contributed by atoms with E-state index in [9.17, 15) is 4.79 Å². The Balaban J connectivity index is 2.68. The van der Waals surface area contributed by atoms with Gasteiger partial charge in [0.05, 0.1) is 12.2 Å². The zero-order valence-electron chi connectivity index (χ0n) is 10.6. The van der Waals surface area contributed by atoms with Crippen LogP contribution in [0.3, 0.4) is 0 Å². The molecule has 1 amide bonds. The minimum Gasteiger partial charge on any atom is -0.325 e. The summed E-state index contributed by atoms with van der Waals surface area (Å²) in [5.41, 5.74) is 0.174. The fraction of sp³-hybridized carbons (Fsp3) is 0.917. The first kappa shape index (κ1) is 12.5. The van der Waals surface area contributed by atoms with Crippen LogP contribution in [0.1, 0.15) is 47.5 Å². The Morgan fingerprint density at radius 1 is 1.40 bits per heavy atom. The highest BCUT2D eigenvalue weighted by atomic mass is 16.2. The van der Waals surface area contributed by atoms with Crippen LogP contribution in [0.2, 0.25) is 0 Å². The van der Waals surface area contributed by atoms with Gasteiger partial charge in [-0.15, -0.1) is 0 Å². The van der Waals surface area contributed by atoms with Crippen LogP contribution in [-0.2, 0) is 4.79 Å². The van der Waals surface area contributed by atoms with Crippen LogP contribution in [-0.4, -0.2) is 29.6 Å². The van der Waals surface area contributed by atoms with E-state index in [0.717, 1.165) is 19.4 Å². The van der Waals surface area contributed by atoms with Crippen LogP contribution in [0.25, 0.3) is 0 Å². The lowest BCUT2D eigenvalue weighted by Gasteiger charge is -2.30. The molecule has 0 spiro atoms. The molecular weight excluding hydrogens is 188 g/mol. The zero-order chi connectivity index (χ0) is 11.6. The van der Waals surface area contributed by atoms with Gasteiger partial charge in [0.15, 0.2) is 0 Å². The molecule has 1 fully saturated rings. The molecule has 15 heavy (non-hydrogen) atoms. The summed E-state index contributed by atoms with van der Waals surface area (Å²) < 4.78 is 0. The van der Waals surface area contributed by atoms with E-state index in [4.69, 9.17) is 0 Å². The highest BCUT2D eigenvalue weighted by Gasteiger charge is 2.37. The van der Waals surface area contributed by atoms with Crippen LogP contribution in [0.5, 0.6) is 0 Å². The molecule has 1 aliphatic rings. The van der Waals surface area contributed by atoms with Crippen molar-refractivity contribution in [3.05, 3.63) is 0 Å². The molecule has 0 bridgehead atoms. The van der Waals surface area contributed by atoms with Gasteiger partial charge in [-0.05, 0) is 18.8 Å². The predicted octanol–water partition coefficient (Wildman–Crippen LogP) is 1.98. The van der Waals surface area contributed by atoms with Gasteiger partial charge >= 0.3 is 0 Å². The van der Waals surface area contributed by atoms with Crippen molar-refractivity contribution in [1.29, 1.82) is 0 Å². The second-order valence-corrected chi connectivity index (χ2v) is 5.72. The Bertz CT molecular complexity index is 232. The second kappa shape index (κ2) is 4.52. The Kier molecular flexibility index (Phi) is 3.77. The number of rotatable bonds is 3. The molecule has 1 saturated heterocycles. The monoisotopic (exact) mass is 212 g/mol. The van der Waals surface area contributed by atoms with E-state index in [-0.39, 0.29) is 23.5 Å². The van der Waals surface area contributed by atoms with Crippen molar-refractivity contribution >= 4 is 5.91 Å². The van der Waals surface area contributed by atoms with Gasteiger partial charge in [-0.3, -0.25) is 10.1 Å².